The smallest absolute Gasteiger partial charge is 0.290 e. The summed E-state index contributed by atoms with van der Waals surface area (Å²) in [6.07, 6.45) is 2.79. The summed E-state index contributed by atoms with van der Waals surface area (Å²) in [6.45, 7) is 0.796. The van der Waals surface area contributed by atoms with Gasteiger partial charge in [0.15, 0.2) is 5.76 Å². The van der Waals surface area contributed by atoms with Gasteiger partial charge in [-0.3, -0.25) is 9.59 Å². The zero-order valence-corrected chi connectivity index (χ0v) is 16.2. The van der Waals surface area contributed by atoms with E-state index >= 15 is 0 Å². The minimum Gasteiger partial charge on any atom is -0.489 e. The summed E-state index contributed by atoms with van der Waals surface area (Å²) in [4.78, 5) is 26.9. The van der Waals surface area contributed by atoms with Crippen molar-refractivity contribution in [1.29, 1.82) is 0 Å². The number of furan rings is 1. The zero-order chi connectivity index (χ0) is 20.9. The Hall–Kier alpha value is -3.61. The highest BCUT2D eigenvalue weighted by Crippen LogP contribution is 2.24. The number of nitrogens with one attached hydrogen (secondary N) is 1. The molecule has 0 radical (unpaired) electrons. The number of carbonyl (C=O) groups is 2. The Morgan fingerprint density at radius 3 is 2.73 bits per heavy atom. The number of ether oxygens (including phenoxy) is 1. The Balaban J connectivity index is 1.38. The Morgan fingerprint density at radius 2 is 1.97 bits per heavy atom. The Kier molecular flexibility index (Phi) is 5.79. The SMILES string of the molecule is O=C(Nc1cccc(OCc2ccc(F)cc2)c1)[C@@H]1CCCN1C(=O)c1ccco1. The quantitative estimate of drug-likeness (QED) is 0.662. The average Bonchev–Trinajstić information content (AvgIpc) is 3.45. The summed E-state index contributed by atoms with van der Waals surface area (Å²) in [6, 6.07) is 15.8. The largest absolute Gasteiger partial charge is 0.489 e. The topological polar surface area (TPSA) is 71.8 Å². The summed E-state index contributed by atoms with van der Waals surface area (Å²) in [5, 5.41) is 2.87. The van der Waals surface area contributed by atoms with Gasteiger partial charge in [-0.2, -0.15) is 0 Å². The highest BCUT2D eigenvalue weighted by atomic mass is 19.1. The number of nitrogens with zero attached hydrogens (tertiary/aromatic N) is 1. The zero-order valence-electron chi connectivity index (χ0n) is 16.2. The number of hydrogen-bond acceptors (Lipinski definition) is 4. The van der Waals surface area contributed by atoms with Crippen LogP contribution in [-0.4, -0.2) is 29.3 Å². The van der Waals surface area contributed by atoms with Crippen molar-refractivity contribution >= 4 is 17.5 Å². The molecular formula is C23H21FN2O4. The van der Waals surface area contributed by atoms with E-state index in [1.807, 2.05) is 0 Å². The van der Waals surface area contributed by atoms with Gasteiger partial charge in [-0.1, -0.05) is 18.2 Å². The first-order valence-corrected chi connectivity index (χ1v) is 9.73. The molecule has 2 amide bonds. The summed E-state index contributed by atoms with van der Waals surface area (Å²) in [7, 11) is 0. The van der Waals surface area contributed by atoms with Crippen molar-refractivity contribution in [2.24, 2.45) is 0 Å². The molecule has 0 bridgehead atoms. The second-order valence-corrected chi connectivity index (χ2v) is 7.07. The molecule has 2 heterocycles. The molecular weight excluding hydrogens is 387 g/mol. The van der Waals surface area contributed by atoms with E-state index in [1.54, 1.807) is 53.4 Å². The second-order valence-electron chi connectivity index (χ2n) is 7.07. The van der Waals surface area contributed by atoms with Crippen LogP contribution in [0.3, 0.4) is 0 Å². The van der Waals surface area contributed by atoms with Crippen LogP contribution in [-0.2, 0) is 11.4 Å². The normalized spacial score (nSPS) is 15.8. The van der Waals surface area contributed by atoms with Gasteiger partial charge in [-0.05, 0) is 54.8 Å². The monoisotopic (exact) mass is 408 g/mol. The lowest BCUT2D eigenvalue weighted by Gasteiger charge is -2.23. The van der Waals surface area contributed by atoms with Gasteiger partial charge in [0.05, 0.1) is 6.26 Å². The first-order chi connectivity index (χ1) is 14.6. The minimum atomic E-state index is -0.550. The van der Waals surface area contributed by atoms with Gasteiger partial charge in [-0.15, -0.1) is 0 Å². The van der Waals surface area contributed by atoms with E-state index in [2.05, 4.69) is 5.32 Å². The third-order valence-electron chi connectivity index (χ3n) is 4.97. The molecule has 0 spiro atoms. The molecule has 4 rings (SSSR count). The number of hydrogen-bond donors (Lipinski definition) is 1. The fourth-order valence-corrected chi connectivity index (χ4v) is 3.46. The predicted molar refractivity (Wildman–Crippen MR) is 109 cm³/mol. The van der Waals surface area contributed by atoms with Crippen LogP contribution >= 0.6 is 0 Å². The van der Waals surface area contributed by atoms with Crippen LogP contribution in [0.5, 0.6) is 5.75 Å². The highest BCUT2D eigenvalue weighted by Gasteiger charge is 2.35. The molecule has 1 N–H and O–H groups in total. The molecule has 0 unspecified atom stereocenters. The molecule has 0 saturated carbocycles. The summed E-state index contributed by atoms with van der Waals surface area (Å²) >= 11 is 0. The number of halogens is 1. The summed E-state index contributed by atoms with van der Waals surface area (Å²) in [5.74, 6) is -0.0231. The van der Waals surface area contributed by atoms with Gasteiger partial charge in [0.25, 0.3) is 5.91 Å². The van der Waals surface area contributed by atoms with E-state index < -0.39 is 6.04 Å². The third kappa shape index (κ3) is 4.51. The molecule has 1 aliphatic rings. The van der Waals surface area contributed by atoms with Gasteiger partial charge in [0, 0.05) is 18.3 Å². The first kappa shape index (κ1) is 19.7. The van der Waals surface area contributed by atoms with Crippen molar-refractivity contribution in [3.63, 3.8) is 0 Å². The van der Waals surface area contributed by atoms with Gasteiger partial charge in [0.1, 0.15) is 24.2 Å². The second kappa shape index (κ2) is 8.82. The standard InChI is InChI=1S/C23H21FN2O4/c24-17-10-8-16(9-11-17)15-30-19-5-1-4-18(14-19)25-22(27)20-6-2-12-26(20)23(28)21-7-3-13-29-21/h1,3-5,7-11,13-14,20H,2,6,12,15H2,(H,25,27)/t20-/m0/s1. The number of rotatable bonds is 6. The minimum absolute atomic E-state index is 0.228. The van der Waals surface area contributed by atoms with Crippen molar-refractivity contribution < 1.29 is 23.1 Å². The van der Waals surface area contributed by atoms with Gasteiger partial charge in [-0.25, -0.2) is 4.39 Å². The van der Waals surface area contributed by atoms with E-state index in [0.717, 1.165) is 12.0 Å². The van der Waals surface area contributed by atoms with Crippen molar-refractivity contribution in [2.75, 3.05) is 11.9 Å². The van der Waals surface area contributed by atoms with Crippen LogP contribution in [0.4, 0.5) is 10.1 Å². The Bertz CT molecular complexity index is 1020. The van der Waals surface area contributed by atoms with E-state index in [9.17, 15) is 14.0 Å². The molecule has 3 aromatic rings. The molecule has 30 heavy (non-hydrogen) atoms. The lowest BCUT2D eigenvalue weighted by molar-refractivity contribution is -0.119. The molecule has 1 fully saturated rings. The molecule has 154 valence electrons. The van der Waals surface area contributed by atoms with Crippen LogP contribution in [0.1, 0.15) is 29.0 Å². The molecule has 1 atom stereocenters. The first-order valence-electron chi connectivity index (χ1n) is 9.73. The lowest BCUT2D eigenvalue weighted by atomic mass is 10.2. The maximum Gasteiger partial charge on any atom is 0.290 e. The number of carbonyl (C=O) groups excluding carboxylic acids is 2. The maximum atomic E-state index is 13.0. The molecule has 1 saturated heterocycles. The number of amides is 2. The lowest BCUT2D eigenvalue weighted by Crippen LogP contribution is -2.43. The molecule has 2 aromatic carbocycles. The fraction of sp³-hybridized carbons (Fsp3) is 0.217. The predicted octanol–water partition coefficient (Wildman–Crippen LogP) is 4.24. The molecule has 7 heteroatoms. The summed E-state index contributed by atoms with van der Waals surface area (Å²) < 4.78 is 23.9. The third-order valence-corrected chi connectivity index (χ3v) is 4.97. The summed E-state index contributed by atoms with van der Waals surface area (Å²) in [5.41, 5.74) is 1.41. The van der Waals surface area contributed by atoms with Crippen molar-refractivity contribution in [1.82, 2.24) is 4.90 Å². The molecule has 1 aliphatic heterocycles. The van der Waals surface area contributed by atoms with Crippen LogP contribution in [0, 0.1) is 5.82 Å². The average molecular weight is 408 g/mol. The number of likely N-dealkylation sites (tertiary alicyclic amines) is 1. The van der Waals surface area contributed by atoms with Crippen molar-refractivity contribution in [3.8, 4) is 5.75 Å². The fourth-order valence-electron chi connectivity index (χ4n) is 3.46. The Labute approximate surface area is 173 Å². The maximum absolute atomic E-state index is 13.0. The van der Waals surface area contributed by atoms with E-state index in [0.29, 0.717) is 24.4 Å². The van der Waals surface area contributed by atoms with Crippen LogP contribution in [0.25, 0.3) is 0 Å². The van der Waals surface area contributed by atoms with Crippen molar-refractivity contribution in [3.05, 3.63) is 84.1 Å². The van der Waals surface area contributed by atoms with E-state index in [4.69, 9.17) is 9.15 Å². The molecule has 0 aliphatic carbocycles. The highest BCUT2D eigenvalue weighted by molar-refractivity contribution is 6.00. The molecule has 1 aromatic heterocycles. The van der Waals surface area contributed by atoms with Gasteiger partial charge in [0.2, 0.25) is 5.91 Å². The van der Waals surface area contributed by atoms with Crippen LogP contribution < -0.4 is 10.1 Å². The van der Waals surface area contributed by atoms with Gasteiger partial charge >= 0.3 is 0 Å². The van der Waals surface area contributed by atoms with Crippen LogP contribution in [0.15, 0.2) is 71.3 Å². The Morgan fingerprint density at radius 1 is 1.13 bits per heavy atom. The number of benzene rings is 2. The van der Waals surface area contributed by atoms with E-state index in [1.165, 1.54) is 18.4 Å². The molecule has 6 nitrogen and oxygen atoms in total. The number of anilines is 1. The van der Waals surface area contributed by atoms with E-state index in [-0.39, 0.29) is 30.0 Å². The van der Waals surface area contributed by atoms with Crippen LogP contribution in [0.2, 0.25) is 0 Å². The van der Waals surface area contributed by atoms with Crippen molar-refractivity contribution in [2.45, 2.75) is 25.5 Å². The van der Waals surface area contributed by atoms with Gasteiger partial charge < -0.3 is 19.4 Å².